The molecule has 6 nitrogen and oxygen atoms in total. The van der Waals surface area contributed by atoms with E-state index in [9.17, 15) is 19.8 Å². The van der Waals surface area contributed by atoms with Gasteiger partial charge in [-0.25, -0.2) is 4.79 Å². The van der Waals surface area contributed by atoms with Crippen molar-refractivity contribution in [3.63, 3.8) is 0 Å². The number of likely N-dealkylation sites (tertiary alicyclic amines) is 1. The molecule has 6 heteroatoms. The fourth-order valence-electron chi connectivity index (χ4n) is 2.81. The predicted octanol–water partition coefficient (Wildman–Crippen LogP) is 2.65. The number of benzene rings is 1. The molecule has 1 amide bonds. The van der Waals surface area contributed by atoms with Gasteiger partial charge in [-0.05, 0) is 51.3 Å². The van der Waals surface area contributed by atoms with Gasteiger partial charge in [-0.15, -0.1) is 0 Å². The van der Waals surface area contributed by atoms with Crippen molar-refractivity contribution in [3.8, 4) is 5.75 Å². The van der Waals surface area contributed by atoms with Gasteiger partial charge in [-0.3, -0.25) is 4.79 Å². The summed E-state index contributed by atoms with van der Waals surface area (Å²) >= 11 is 0. The molecule has 0 bridgehead atoms. The van der Waals surface area contributed by atoms with Crippen LogP contribution in [0.3, 0.4) is 0 Å². The van der Waals surface area contributed by atoms with Crippen LogP contribution in [0.25, 0.3) is 0 Å². The van der Waals surface area contributed by atoms with Crippen molar-refractivity contribution in [2.24, 2.45) is 5.41 Å². The smallest absolute Gasteiger partial charge is 0.410 e. The number of nitrogens with zero attached hydrogens (tertiary/aromatic N) is 1. The van der Waals surface area contributed by atoms with Crippen LogP contribution in [0.5, 0.6) is 5.75 Å². The molecule has 0 radical (unpaired) electrons. The lowest BCUT2D eigenvalue weighted by Gasteiger charge is -2.27. The highest BCUT2D eigenvalue weighted by Crippen LogP contribution is 2.36. The van der Waals surface area contributed by atoms with Gasteiger partial charge in [0, 0.05) is 13.1 Å². The highest BCUT2D eigenvalue weighted by atomic mass is 16.6. The number of amides is 1. The molecule has 1 saturated heterocycles. The molecule has 1 heterocycles. The van der Waals surface area contributed by atoms with Gasteiger partial charge in [0.25, 0.3) is 0 Å². The number of carboxylic acids is 1. The van der Waals surface area contributed by atoms with E-state index in [1.807, 2.05) is 0 Å². The first kappa shape index (κ1) is 17.1. The van der Waals surface area contributed by atoms with Crippen LogP contribution in [0.15, 0.2) is 24.3 Å². The molecule has 1 unspecified atom stereocenters. The summed E-state index contributed by atoms with van der Waals surface area (Å²) in [7, 11) is 0. The molecule has 0 aliphatic carbocycles. The number of carbonyl (C=O) groups excluding carboxylic acids is 1. The van der Waals surface area contributed by atoms with E-state index < -0.39 is 23.1 Å². The summed E-state index contributed by atoms with van der Waals surface area (Å²) in [4.78, 5) is 25.4. The number of phenols is 1. The van der Waals surface area contributed by atoms with Gasteiger partial charge in [0.2, 0.25) is 0 Å². The van der Waals surface area contributed by atoms with Crippen molar-refractivity contribution in [2.45, 2.75) is 39.2 Å². The Morgan fingerprint density at radius 1 is 1.35 bits per heavy atom. The van der Waals surface area contributed by atoms with Gasteiger partial charge >= 0.3 is 12.1 Å². The Morgan fingerprint density at radius 3 is 2.61 bits per heavy atom. The van der Waals surface area contributed by atoms with Crippen LogP contribution >= 0.6 is 0 Å². The number of hydrogen-bond donors (Lipinski definition) is 2. The van der Waals surface area contributed by atoms with Crippen molar-refractivity contribution in [3.05, 3.63) is 29.8 Å². The molecule has 1 aliphatic heterocycles. The van der Waals surface area contributed by atoms with Crippen LogP contribution in [0, 0.1) is 5.41 Å². The number of phenolic OH excluding ortho intramolecular Hbond substituents is 1. The van der Waals surface area contributed by atoms with Crippen LogP contribution in [0.4, 0.5) is 4.79 Å². The first-order chi connectivity index (χ1) is 10.6. The summed E-state index contributed by atoms with van der Waals surface area (Å²) in [6, 6.07) is 6.56. The van der Waals surface area contributed by atoms with E-state index in [1.165, 1.54) is 4.90 Å². The van der Waals surface area contributed by atoms with E-state index in [0.717, 1.165) is 5.56 Å². The summed E-state index contributed by atoms with van der Waals surface area (Å²) in [5.74, 6) is -0.836. The fourth-order valence-corrected chi connectivity index (χ4v) is 2.81. The molecule has 2 N–H and O–H groups in total. The van der Waals surface area contributed by atoms with Crippen LogP contribution in [-0.4, -0.2) is 45.9 Å². The summed E-state index contributed by atoms with van der Waals surface area (Å²) in [5.41, 5.74) is -0.931. The van der Waals surface area contributed by atoms with Crippen molar-refractivity contribution in [1.29, 1.82) is 0 Å². The van der Waals surface area contributed by atoms with Crippen LogP contribution in [-0.2, 0) is 16.0 Å². The Kier molecular flexibility index (Phi) is 4.54. The standard InChI is InChI=1S/C17H23NO5/c1-16(2,3)23-15(22)18-8-7-17(11-18,14(20)21)10-12-5-4-6-13(19)9-12/h4-6,9,19H,7-8,10-11H2,1-3H3,(H,20,21). The van der Waals surface area contributed by atoms with E-state index in [2.05, 4.69) is 0 Å². The second kappa shape index (κ2) is 6.10. The second-order valence-corrected chi connectivity index (χ2v) is 7.08. The number of rotatable bonds is 3. The normalized spacial score (nSPS) is 21.3. The SMILES string of the molecule is CC(C)(C)OC(=O)N1CCC(Cc2cccc(O)c2)(C(=O)O)C1. The highest BCUT2D eigenvalue weighted by Gasteiger charge is 2.47. The average Bonchev–Trinajstić information content (AvgIpc) is 2.82. The zero-order chi connectivity index (χ0) is 17.3. The molecular weight excluding hydrogens is 298 g/mol. The van der Waals surface area contributed by atoms with E-state index >= 15 is 0 Å². The molecule has 0 spiro atoms. The molecule has 1 aromatic carbocycles. The zero-order valence-corrected chi connectivity index (χ0v) is 13.7. The van der Waals surface area contributed by atoms with Crippen LogP contribution in [0.2, 0.25) is 0 Å². The quantitative estimate of drug-likeness (QED) is 0.893. The Bertz CT molecular complexity index is 607. The van der Waals surface area contributed by atoms with Crippen LogP contribution in [0.1, 0.15) is 32.8 Å². The summed E-state index contributed by atoms with van der Waals surface area (Å²) < 4.78 is 5.32. The van der Waals surface area contributed by atoms with Crippen molar-refractivity contribution >= 4 is 12.1 Å². The summed E-state index contributed by atoms with van der Waals surface area (Å²) in [6.45, 7) is 5.78. The summed E-state index contributed by atoms with van der Waals surface area (Å²) in [5, 5.41) is 19.2. The molecule has 1 fully saturated rings. The molecule has 2 rings (SSSR count). The third-order valence-corrected chi connectivity index (χ3v) is 3.91. The molecule has 0 saturated carbocycles. The molecule has 0 aromatic heterocycles. The zero-order valence-electron chi connectivity index (χ0n) is 13.7. The summed E-state index contributed by atoms with van der Waals surface area (Å²) in [6.07, 6.45) is 0.129. The number of hydrogen-bond acceptors (Lipinski definition) is 4. The maximum atomic E-state index is 12.1. The van der Waals surface area contributed by atoms with Crippen LogP contribution < -0.4 is 0 Å². The van der Waals surface area contributed by atoms with E-state index in [-0.39, 0.29) is 18.7 Å². The lowest BCUT2D eigenvalue weighted by molar-refractivity contribution is -0.148. The minimum atomic E-state index is -1.05. The molecule has 1 aliphatic rings. The predicted molar refractivity (Wildman–Crippen MR) is 84.3 cm³/mol. The first-order valence-electron chi connectivity index (χ1n) is 7.61. The van der Waals surface area contributed by atoms with Gasteiger partial charge in [0.1, 0.15) is 11.4 Å². The monoisotopic (exact) mass is 321 g/mol. The fraction of sp³-hybridized carbons (Fsp3) is 0.529. The number of carboxylic acid groups (broad SMARTS) is 1. The number of ether oxygens (including phenoxy) is 1. The molecule has 126 valence electrons. The lowest BCUT2D eigenvalue weighted by atomic mass is 9.81. The number of carbonyl (C=O) groups is 2. The molecule has 1 atom stereocenters. The number of aromatic hydroxyl groups is 1. The van der Waals surface area contributed by atoms with Gasteiger partial charge in [-0.1, -0.05) is 12.1 Å². The Morgan fingerprint density at radius 2 is 2.04 bits per heavy atom. The minimum Gasteiger partial charge on any atom is -0.508 e. The third kappa shape index (κ3) is 4.15. The first-order valence-corrected chi connectivity index (χ1v) is 7.61. The maximum absolute atomic E-state index is 12.1. The van der Waals surface area contributed by atoms with Gasteiger partial charge in [0.15, 0.2) is 0 Å². The highest BCUT2D eigenvalue weighted by molar-refractivity contribution is 5.78. The molecule has 1 aromatic rings. The van der Waals surface area contributed by atoms with Crippen molar-refractivity contribution in [1.82, 2.24) is 4.90 Å². The Labute approximate surface area is 135 Å². The lowest BCUT2D eigenvalue weighted by Crippen LogP contribution is -2.40. The van der Waals surface area contributed by atoms with Crippen molar-refractivity contribution < 1.29 is 24.5 Å². The Hall–Kier alpha value is -2.24. The van der Waals surface area contributed by atoms with E-state index in [4.69, 9.17) is 4.74 Å². The molecular formula is C17H23NO5. The average molecular weight is 321 g/mol. The second-order valence-electron chi connectivity index (χ2n) is 7.08. The van der Waals surface area contributed by atoms with E-state index in [1.54, 1.807) is 45.0 Å². The molecule has 23 heavy (non-hydrogen) atoms. The Balaban J connectivity index is 2.14. The number of aliphatic carboxylic acids is 1. The van der Waals surface area contributed by atoms with Gasteiger partial charge < -0.3 is 19.8 Å². The topological polar surface area (TPSA) is 87.1 Å². The largest absolute Gasteiger partial charge is 0.508 e. The van der Waals surface area contributed by atoms with Gasteiger partial charge in [-0.2, -0.15) is 0 Å². The van der Waals surface area contributed by atoms with Crippen molar-refractivity contribution in [2.75, 3.05) is 13.1 Å². The maximum Gasteiger partial charge on any atom is 0.410 e. The van der Waals surface area contributed by atoms with Gasteiger partial charge in [0.05, 0.1) is 5.41 Å². The third-order valence-electron chi connectivity index (χ3n) is 3.91. The van der Waals surface area contributed by atoms with E-state index in [0.29, 0.717) is 13.0 Å². The minimum absolute atomic E-state index is 0.102.